The van der Waals surface area contributed by atoms with Crippen molar-refractivity contribution in [2.24, 2.45) is 0 Å². The minimum atomic E-state index is -0.240. The first kappa shape index (κ1) is 34.6. The molecule has 0 saturated heterocycles. The van der Waals surface area contributed by atoms with Crippen molar-refractivity contribution in [3.63, 3.8) is 0 Å². The molecule has 4 nitrogen and oxygen atoms in total. The molecule has 0 unspecified atom stereocenters. The maximum Gasteiger partial charge on any atom is 0.128 e. The summed E-state index contributed by atoms with van der Waals surface area (Å²) in [6.45, 7) is 25.9. The number of pyridine rings is 2. The van der Waals surface area contributed by atoms with Crippen LogP contribution in [0, 0.1) is 0 Å². The van der Waals surface area contributed by atoms with Crippen LogP contribution in [-0.4, -0.2) is 20.2 Å². The normalized spacial score (nSPS) is 12.9. The Labute approximate surface area is 283 Å². The van der Waals surface area contributed by atoms with Crippen LogP contribution < -0.4 is 0 Å². The first-order chi connectivity index (χ1) is 20.2. The van der Waals surface area contributed by atoms with E-state index in [1.54, 1.807) is 0 Å². The Hall–Kier alpha value is -3.23. The van der Waals surface area contributed by atoms with Crippen molar-refractivity contribution in [2.45, 2.75) is 105 Å². The van der Waals surface area contributed by atoms with Crippen LogP contribution in [0.2, 0.25) is 0 Å². The van der Waals surface area contributed by atoms with Gasteiger partial charge in [0, 0.05) is 54.1 Å². The first-order valence-corrected chi connectivity index (χ1v) is 15.6. The minimum Gasteiger partial charge on any atom is -0.507 e. The van der Waals surface area contributed by atoms with Crippen molar-refractivity contribution in [3.8, 4) is 34.0 Å². The summed E-state index contributed by atoms with van der Waals surface area (Å²) in [5.41, 5.74) is 7.83. The van der Waals surface area contributed by atoms with Gasteiger partial charge in [-0.2, -0.15) is 0 Å². The van der Waals surface area contributed by atoms with Gasteiger partial charge in [0.2, 0.25) is 0 Å². The Morgan fingerprint density at radius 3 is 1.04 bits per heavy atom. The van der Waals surface area contributed by atoms with E-state index in [1.807, 2.05) is 12.1 Å². The minimum absolute atomic E-state index is 0. The third-order valence-electron chi connectivity index (χ3n) is 8.64. The number of fused-ring (bicyclic) bond motifs is 3. The SMILES string of the molecule is CC(C)(C)c1cc(-c2ccc3ccc4ccc(-c5cc(C(C)(C)C)cc(C(C)(C)C)c5O)nc4c3n2)c(O)c(C(C)(C)C)c1.[Pt]. The molecule has 5 rings (SSSR count). The molecule has 2 heterocycles. The van der Waals surface area contributed by atoms with Crippen LogP contribution in [0.5, 0.6) is 11.5 Å². The largest absolute Gasteiger partial charge is 0.507 e. The van der Waals surface area contributed by atoms with Crippen molar-refractivity contribution in [1.29, 1.82) is 0 Å². The van der Waals surface area contributed by atoms with Crippen molar-refractivity contribution in [1.82, 2.24) is 9.97 Å². The number of nitrogens with zero attached hydrogens (tertiary/aromatic N) is 2. The molecule has 0 aliphatic carbocycles. The average molecular weight is 784 g/mol. The molecule has 0 aliphatic rings. The molecule has 0 aliphatic heterocycles. The molecule has 3 aromatic carbocycles. The van der Waals surface area contributed by atoms with Gasteiger partial charge in [-0.15, -0.1) is 0 Å². The predicted molar refractivity (Wildman–Crippen MR) is 186 cm³/mol. The molecule has 2 aromatic heterocycles. The Kier molecular flexibility index (Phi) is 8.88. The van der Waals surface area contributed by atoms with E-state index in [2.05, 4.69) is 132 Å². The molecule has 5 aromatic rings. The van der Waals surface area contributed by atoms with E-state index in [0.29, 0.717) is 11.4 Å². The monoisotopic (exact) mass is 783 g/mol. The summed E-state index contributed by atoms with van der Waals surface area (Å²) < 4.78 is 0. The van der Waals surface area contributed by atoms with Crippen LogP contribution >= 0.6 is 0 Å². The van der Waals surface area contributed by atoms with E-state index in [-0.39, 0.29) is 54.2 Å². The zero-order valence-corrected chi connectivity index (χ0v) is 31.2. The van der Waals surface area contributed by atoms with Gasteiger partial charge >= 0.3 is 0 Å². The van der Waals surface area contributed by atoms with Gasteiger partial charge in [-0.05, 0) is 57.1 Å². The van der Waals surface area contributed by atoms with Gasteiger partial charge < -0.3 is 10.2 Å². The van der Waals surface area contributed by atoms with Gasteiger partial charge in [0.15, 0.2) is 0 Å². The zero-order chi connectivity index (χ0) is 32.6. The van der Waals surface area contributed by atoms with E-state index in [4.69, 9.17) is 9.97 Å². The Morgan fingerprint density at radius 1 is 0.444 bits per heavy atom. The standard InChI is InChI=1S/C40H48N2O2.Pt/c1-37(2,3)25-19-27(35(43)29(21-25)39(7,8)9)31-17-15-23-13-14-24-16-18-32(42-34(24)33(23)41-31)28-20-26(38(4,5)6)22-30(36(28)44)40(10,11)12;/h13-22,43-44H,1-12H3;. The number of phenols is 2. The van der Waals surface area contributed by atoms with Gasteiger partial charge in [-0.1, -0.05) is 119 Å². The van der Waals surface area contributed by atoms with Crippen molar-refractivity contribution in [3.05, 3.63) is 82.9 Å². The molecule has 0 radical (unpaired) electrons. The molecule has 0 fully saturated rings. The van der Waals surface area contributed by atoms with Crippen molar-refractivity contribution < 1.29 is 31.3 Å². The zero-order valence-electron chi connectivity index (χ0n) is 28.9. The summed E-state index contributed by atoms with van der Waals surface area (Å²) in [6, 6.07) is 20.6. The van der Waals surface area contributed by atoms with E-state index in [0.717, 1.165) is 55.2 Å². The fraction of sp³-hybridized carbons (Fsp3) is 0.400. The van der Waals surface area contributed by atoms with E-state index in [1.165, 1.54) is 0 Å². The van der Waals surface area contributed by atoms with E-state index in [9.17, 15) is 10.2 Å². The molecule has 240 valence electrons. The predicted octanol–water partition coefficient (Wildman–Crippen LogP) is 10.7. The summed E-state index contributed by atoms with van der Waals surface area (Å²) in [5.74, 6) is 0.537. The van der Waals surface area contributed by atoms with Crippen LogP contribution in [0.25, 0.3) is 44.3 Å². The van der Waals surface area contributed by atoms with Gasteiger partial charge in [0.25, 0.3) is 0 Å². The van der Waals surface area contributed by atoms with Gasteiger partial charge in [0.1, 0.15) is 11.5 Å². The number of hydrogen-bond donors (Lipinski definition) is 2. The fourth-order valence-electron chi connectivity index (χ4n) is 5.74. The first-order valence-electron chi connectivity index (χ1n) is 15.6. The summed E-state index contributed by atoms with van der Waals surface area (Å²) in [5, 5.41) is 25.1. The molecule has 0 saturated carbocycles. The fourth-order valence-corrected chi connectivity index (χ4v) is 5.74. The van der Waals surface area contributed by atoms with Crippen LogP contribution in [0.3, 0.4) is 0 Å². The summed E-state index contributed by atoms with van der Waals surface area (Å²) in [6.07, 6.45) is 0. The van der Waals surface area contributed by atoms with Gasteiger partial charge in [-0.3, -0.25) is 0 Å². The van der Waals surface area contributed by atoms with Crippen LogP contribution in [0.15, 0.2) is 60.7 Å². The summed E-state index contributed by atoms with van der Waals surface area (Å²) in [7, 11) is 0. The molecule has 0 atom stereocenters. The molecular formula is C40H48N2O2Pt. The quantitative estimate of drug-likeness (QED) is 0.175. The number of aromatic hydroxyl groups is 2. The Balaban J connectivity index is 0.00000461. The summed E-state index contributed by atoms with van der Waals surface area (Å²) >= 11 is 0. The maximum atomic E-state index is 11.6. The van der Waals surface area contributed by atoms with E-state index < -0.39 is 0 Å². The number of benzene rings is 3. The number of hydrogen-bond acceptors (Lipinski definition) is 4. The summed E-state index contributed by atoms with van der Waals surface area (Å²) in [4.78, 5) is 10.3. The molecule has 5 heteroatoms. The van der Waals surface area contributed by atoms with E-state index >= 15 is 0 Å². The number of phenolic OH excluding ortho intramolecular Hbond substituents is 2. The van der Waals surface area contributed by atoms with Crippen molar-refractivity contribution >= 4 is 21.8 Å². The van der Waals surface area contributed by atoms with Crippen LogP contribution in [0.4, 0.5) is 0 Å². The second kappa shape index (κ2) is 11.5. The smallest absolute Gasteiger partial charge is 0.128 e. The Bertz CT molecular complexity index is 1770. The van der Waals surface area contributed by atoms with Gasteiger partial charge in [0.05, 0.1) is 22.4 Å². The number of rotatable bonds is 2. The van der Waals surface area contributed by atoms with Gasteiger partial charge in [-0.25, -0.2) is 9.97 Å². The second-order valence-electron chi connectivity index (χ2n) is 16.4. The molecular weight excluding hydrogens is 736 g/mol. The third-order valence-corrected chi connectivity index (χ3v) is 8.64. The molecule has 45 heavy (non-hydrogen) atoms. The number of aromatic nitrogens is 2. The Morgan fingerprint density at radius 2 is 0.756 bits per heavy atom. The third kappa shape index (κ3) is 6.68. The average Bonchev–Trinajstić information content (AvgIpc) is 2.90. The molecule has 0 bridgehead atoms. The van der Waals surface area contributed by atoms with Crippen LogP contribution in [-0.2, 0) is 42.7 Å². The molecule has 0 spiro atoms. The second-order valence-corrected chi connectivity index (χ2v) is 16.4. The maximum absolute atomic E-state index is 11.6. The molecule has 0 amide bonds. The van der Waals surface area contributed by atoms with Crippen molar-refractivity contribution in [2.75, 3.05) is 0 Å². The van der Waals surface area contributed by atoms with Crippen LogP contribution in [0.1, 0.15) is 105 Å². The molecule has 2 N–H and O–H groups in total. The topological polar surface area (TPSA) is 66.2 Å².